The fourth-order valence-corrected chi connectivity index (χ4v) is 3.22. The molecule has 1 N–H and O–H groups in total. The maximum Gasteiger partial charge on any atom is 0.339 e. The minimum absolute atomic E-state index is 0.0839. The molecule has 6 nitrogen and oxygen atoms in total. The molecule has 1 fully saturated rings. The standard InChI is InChI=1S/C18H21ClN4O2/c1-2-25-17(24)14-8-7-13(12-15(14)19)23-11-4-3-6-16(23)22-18-20-9-5-10-21-18/h5,7-10,12,16H,2-4,6,11H2,1H3,(H,20,21,22). The number of carbonyl (C=O) groups excluding carboxylic acids is 1. The van der Waals surface area contributed by atoms with Gasteiger partial charge in [-0.25, -0.2) is 14.8 Å². The zero-order chi connectivity index (χ0) is 17.6. The van der Waals surface area contributed by atoms with E-state index >= 15 is 0 Å². The third-order valence-electron chi connectivity index (χ3n) is 4.14. The van der Waals surface area contributed by atoms with Crippen LogP contribution in [0, 0.1) is 0 Å². The molecule has 1 aliphatic heterocycles. The van der Waals surface area contributed by atoms with Gasteiger partial charge in [-0.05, 0) is 50.5 Å². The average molecular weight is 361 g/mol. The third-order valence-corrected chi connectivity index (χ3v) is 4.46. The molecule has 2 heterocycles. The van der Waals surface area contributed by atoms with Crippen molar-refractivity contribution in [1.82, 2.24) is 9.97 Å². The Hall–Kier alpha value is -2.34. The van der Waals surface area contributed by atoms with Crippen molar-refractivity contribution < 1.29 is 9.53 Å². The van der Waals surface area contributed by atoms with E-state index in [1.54, 1.807) is 31.5 Å². The second-order valence-electron chi connectivity index (χ2n) is 5.81. The van der Waals surface area contributed by atoms with Crippen LogP contribution in [0.3, 0.4) is 0 Å². The maximum absolute atomic E-state index is 11.9. The highest BCUT2D eigenvalue weighted by atomic mass is 35.5. The summed E-state index contributed by atoms with van der Waals surface area (Å²) >= 11 is 6.31. The summed E-state index contributed by atoms with van der Waals surface area (Å²) in [5.41, 5.74) is 1.35. The molecule has 0 amide bonds. The number of rotatable bonds is 5. The van der Waals surface area contributed by atoms with Crippen LogP contribution in [0.15, 0.2) is 36.7 Å². The average Bonchev–Trinajstić information content (AvgIpc) is 2.63. The Labute approximate surface area is 152 Å². The van der Waals surface area contributed by atoms with E-state index in [0.29, 0.717) is 23.1 Å². The van der Waals surface area contributed by atoms with Gasteiger partial charge < -0.3 is 15.0 Å². The lowest BCUT2D eigenvalue weighted by molar-refractivity contribution is 0.0526. The number of hydrogen-bond donors (Lipinski definition) is 1. The molecule has 1 saturated heterocycles. The van der Waals surface area contributed by atoms with Crippen molar-refractivity contribution in [1.29, 1.82) is 0 Å². The smallest absolute Gasteiger partial charge is 0.339 e. The van der Waals surface area contributed by atoms with E-state index in [4.69, 9.17) is 16.3 Å². The molecule has 2 aromatic rings. The molecule has 0 radical (unpaired) electrons. The fraction of sp³-hybridized carbons (Fsp3) is 0.389. The Morgan fingerprint density at radius 1 is 1.36 bits per heavy atom. The lowest BCUT2D eigenvalue weighted by Crippen LogP contribution is -2.45. The fourth-order valence-electron chi connectivity index (χ4n) is 2.97. The largest absolute Gasteiger partial charge is 0.462 e. The van der Waals surface area contributed by atoms with E-state index in [-0.39, 0.29) is 6.17 Å². The first-order valence-electron chi connectivity index (χ1n) is 8.46. The Morgan fingerprint density at radius 3 is 2.88 bits per heavy atom. The molecule has 3 rings (SSSR count). The van der Waals surface area contributed by atoms with Gasteiger partial charge in [0.05, 0.1) is 17.2 Å². The number of nitrogens with one attached hydrogen (secondary N) is 1. The van der Waals surface area contributed by atoms with Crippen LogP contribution in [0.25, 0.3) is 0 Å². The molecule has 0 aliphatic carbocycles. The monoisotopic (exact) mass is 360 g/mol. The number of hydrogen-bond acceptors (Lipinski definition) is 6. The normalized spacial score (nSPS) is 17.2. The minimum atomic E-state index is -0.398. The van der Waals surface area contributed by atoms with Crippen LogP contribution in [0.2, 0.25) is 5.02 Å². The molecule has 1 aromatic heterocycles. The number of ether oxygens (including phenoxy) is 1. The molecule has 1 aliphatic rings. The van der Waals surface area contributed by atoms with Gasteiger partial charge in [-0.3, -0.25) is 0 Å². The Kier molecular flexibility index (Phi) is 5.71. The molecule has 0 spiro atoms. The van der Waals surface area contributed by atoms with Crippen LogP contribution in [-0.2, 0) is 4.74 Å². The van der Waals surface area contributed by atoms with Crippen molar-refractivity contribution >= 4 is 29.2 Å². The van der Waals surface area contributed by atoms with Crippen LogP contribution >= 0.6 is 11.6 Å². The molecule has 0 saturated carbocycles. The number of anilines is 2. The van der Waals surface area contributed by atoms with Gasteiger partial charge >= 0.3 is 5.97 Å². The second-order valence-corrected chi connectivity index (χ2v) is 6.21. The number of piperidine rings is 1. The van der Waals surface area contributed by atoms with Crippen LogP contribution in [0.1, 0.15) is 36.5 Å². The van der Waals surface area contributed by atoms with Crippen molar-refractivity contribution in [3.8, 4) is 0 Å². The second kappa shape index (κ2) is 8.16. The van der Waals surface area contributed by atoms with Gasteiger partial charge in [-0.15, -0.1) is 0 Å². The summed E-state index contributed by atoms with van der Waals surface area (Å²) in [4.78, 5) is 22.6. The van der Waals surface area contributed by atoms with E-state index in [0.717, 1.165) is 31.5 Å². The number of esters is 1. The molecule has 1 atom stereocenters. The summed E-state index contributed by atoms with van der Waals surface area (Å²) in [6, 6.07) is 7.24. The van der Waals surface area contributed by atoms with E-state index in [9.17, 15) is 4.79 Å². The Balaban J connectivity index is 1.80. The van der Waals surface area contributed by atoms with Crippen LogP contribution in [0.4, 0.5) is 11.6 Å². The third kappa shape index (κ3) is 4.20. The van der Waals surface area contributed by atoms with Crippen molar-refractivity contribution in [2.24, 2.45) is 0 Å². The summed E-state index contributed by atoms with van der Waals surface area (Å²) in [6.07, 6.45) is 6.73. The first-order chi connectivity index (χ1) is 12.2. The zero-order valence-corrected chi connectivity index (χ0v) is 14.9. The van der Waals surface area contributed by atoms with Crippen LogP contribution < -0.4 is 10.2 Å². The summed E-state index contributed by atoms with van der Waals surface area (Å²) in [5.74, 6) is 0.207. The topological polar surface area (TPSA) is 67.3 Å². The maximum atomic E-state index is 11.9. The molecule has 1 aromatic carbocycles. The van der Waals surface area contributed by atoms with Gasteiger partial charge in [-0.1, -0.05) is 11.6 Å². The highest BCUT2D eigenvalue weighted by molar-refractivity contribution is 6.33. The van der Waals surface area contributed by atoms with Gasteiger partial charge in [0.2, 0.25) is 5.95 Å². The summed E-state index contributed by atoms with van der Waals surface area (Å²) < 4.78 is 5.03. The minimum Gasteiger partial charge on any atom is -0.462 e. The highest BCUT2D eigenvalue weighted by Crippen LogP contribution is 2.29. The molecule has 1 unspecified atom stereocenters. The molecule has 25 heavy (non-hydrogen) atoms. The molecule has 0 bridgehead atoms. The predicted molar refractivity (Wildman–Crippen MR) is 98.0 cm³/mol. The van der Waals surface area contributed by atoms with Crippen LogP contribution in [0.5, 0.6) is 0 Å². The Bertz CT molecular complexity index is 726. The lowest BCUT2D eigenvalue weighted by atomic mass is 10.1. The zero-order valence-electron chi connectivity index (χ0n) is 14.1. The molecule has 132 valence electrons. The first-order valence-corrected chi connectivity index (χ1v) is 8.83. The summed E-state index contributed by atoms with van der Waals surface area (Å²) in [7, 11) is 0. The number of carbonyl (C=O) groups is 1. The SMILES string of the molecule is CCOC(=O)c1ccc(N2CCCCC2Nc2ncccn2)cc1Cl. The van der Waals surface area contributed by atoms with E-state index in [1.165, 1.54) is 0 Å². The molecular weight excluding hydrogens is 340 g/mol. The van der Waals surface area contributed by atoms with E-state index in [2.05, 4.69) is 20.2 Å². The number of nitrogens with zero attached hydrogens (tertiary/aromatic N) is 3. The van der Waals surface area contributed by atoms with Gasteiger partial charge in [-0.2, -0.15) is 0 Å². The predicted octanol–water partition coefficient (Wildman–Crippen LogP) is 3.74. The quantitative estimate of drug-likeness (QED) is 0.819. The van der Waals surface area contributed by atoms with Crippen LogP contribution in [-0.4, -0.2) is 35.3 Å². The van der Waals surface area contributed by atoms with Gasteiger partial charge in [0.15, 0.2) is 0 Å². The van der Waals surface area contributed by atoms with Crippen molar-refractivity contribution in [3.05, 3.63) is 47.2 Å². The number of benzene rings is 1. The van der Waals surface area contributed by atoms with Gasteiger partial charge in [0, 0.05) is 24.6 Å². The summed E-state index contributed by atoms with van der Waals surface area (Å²) in [5, 5.41) is 3.77. The highest BCUT2D eigenvalue weighted by Gasteiger charge is 2.24. The first kappa shape index (κ1) is 17.5. The lowest BCUT2D eigenvalue weighted by Gasteiger charge is -2.38. The Morgan fingerprint density at radius 2 is 2.16 bits per heavy atom. The van der Waals surface area contributed by atoms with Crippen molar-refractivity contribution in [2.75, 3.05) is 23.4 Å². The van der Waals surface area contributed by atoms with Crippen molar-refractivity contribution in [2.45, 2.75) is 32.4 Å². The van der Waals surface area contributed by atoms with Gasteiger partial charge in [0.1, 0.15) is 6.17 Å². The molecular formula is C18H21ClN4O2. The molecule has 7 heteroatoms. The number of halogens is 1. The number of aromatic nitrogens is 2. The van der Waals surface area contributed by atoms with E-state index < -0.39 is 5.97 Å². The van der Waals surface area contributed by atoms with E-state index in [1.807, 2.05) is 12.1 Å². The summed E-state index contributed by atoms with van der Waals surface area (Å²) in [6.45, 7) is 3.00. The van der Waals surface area contributed by atoms with Crippen molar-refractivity contribution in [3.63, 3.8) is 0 Å². The van der Waals surface area contributed by atoms with Gasteiger partial charge in [0.25, 0.3) is 0 Å².